The molecular weight excluding hydrogens is 486 g/mol. The van der Waals surface area contributed by atoms with Gasteiger partial charge in [-0.05, 0) is 42.3 Å². The number of aliphatic imine (C=N–C) groups is 1. The highest BCUT2D eigenvalue weighted by Gasteiger charge is 2.26. The van der Waals surface area contributed by atoms with Gasteiger partial charge in [-0.25, -0.2) is 4.39 Å². The summed E-state index contributed by atoms with van der Waals surface area (Å²) in [6, 6.07) is 14.0. The lowest BCUT2D eigenvalue weighted by Gasteiger charge is -2.21. The lowest BCUT2D eigenvalue weighted by Crippen LogP contribution is -2.43. The molecule has 1 amide bonds. The molecule has 0 radical (unpaired) electrons. The smallest absolute Gasteiger partial charge is 0.243 e. The maximum Gasteiger partial charge on any atom is 0.243 e. The number of nitrogens with one attached hydrogen (secondary N) is 2. The Hall–Kier alpha value is -2.36. The SMILES string of the molecule is CN=C(NCC(=O)Nc1cccc(F)c1)N1CCC(c2ccc(OC)cc2)C1.I. The number of halogens is 2. The summed E-state index contributed by atoms with van der Waals surface area (Å²) in [5, 5.41) is 5.76. The van der Waals surface area contributed by atoms with E-state index in [-0.39, 0.29) is 42.2 Å². The fraction of sp³-hybridized carbons (Fsp3) is 0.333. The van der Waals surface area contributed by atoms with E-state index >= 15 is 0 Å². The normalized spacial score (nSPS) is 16.2. The number of likely N-dealkylation sites (tertiary alicyclic amines) is 1. The van der Waals surface area contributed by atoms with E-state index in [9.17, 15) is 9.18 Å². The molecule has 0 aromatic heterocycles. The number of guanidine groups is 1. The van der Waals surface area contributed by atoms with Gasteiger partial charge >= 0.3 is 0 Å². The molecule has 1 fully saturated rings. The van der Waals surface area contributed by atoms with Crippen LogP contribution in [0.25, 0.3) is 0 Å². The van der Waals surface area contributed by atoms with E-state index in [1.807, 2.05) is 12.1 Å². The highest BCUT2D eigenvalue weighted by molar-refractivity contribution is 14.0. The van der Waals surface area contributed by atoms with Gasteiger partial charge < -0.3 is 20.3 Å². The van der Waals surface area contributed by atoms with Gasteiger partial charge in [-0.1, -0.05) is 18.2 Å². The molecule has 3 rings (SSSR count). The van der Waals surface area contributed by atoms with Gasteiger partial charge in [0.2, 0.25) is 5.91 Å². The number of carbonyl (C=O) groups is 1. The number of amides is 1. The highest BCUT2D eigenvalue weighted by Crippen LogP contribution is 2.28. The summed E-state index contributed by atoms with van der Waals surface area (Å²) in [5.41, 5.74) is 1.70. The van der Waals surface area contributed by atoms with Crippen LogP contribution >= 0.6 is 24.0 Å². The maximum atomic E-state index is 13.2. The monoisotopic (exact) mass is 512 g/mol. The summed E-state index contributed by atoms with van der Waals surface area (Å²) in [4.78, 5) is 18.6. The Bertz CT molecular complexity index is 845. The van der Waals surface area contributed by atoms with E-state index in [4.69, 9.17) is 4.74 Å². The zero-order valence-corrected chi connectivity index (χ0v) is 18.9. The summed E-state index contributed by atoms with van der Waals surface area (Å²) < 4.78 is 18.4. The van der Waals surface area contributed by atoms with Crippen LogP contribution in [0, 0.1) is 5.82 Å². The fourth-order valence-corrected chi connectivity index (χ4v) is 3.36. The third-order valence-corrected chi connectivity index (χ3v) is 4.80. The van der Waals surface area contributed by atoms with Crippen molar-refractivity contribution in [1.29, 1.82) is 0 Å². The molecule has 1 aliphatic heterocycles. The number of hydrogen-bond acceptors (Lipinski definition) is 3. The van der Waals surface area contributed by atoms with Gasteiger partial charge in [0.1, 0.15) is 11.6 Å². The first-order chi connectivity index (χ1) is 13.6. The van der Waals surface area contributed by atoms with Gasteiger partial charge in [-0.3, -0.25) is 9.79 Å². The molecule has 156 valence electrons. The molecule has 1 saturated heterocycles. The zero-order chi connectivity index (χ0) is 19.9. The van der Waals surface area contributed by atoms with Gasteiger partial charge in [0.15, 0.2) is 5.96 Å². The van der Waals surface area contributed by atoms with E-state index in [2.05, 4.69) is 32.7 Å². The molecule has 0 aliphatic carbocycles. The van der Waals surface area contributed by atoms with E-state index < -0.39 is 0 Å². The van der Waals surface area contributed by atoms with Crippen LogP contribution in [0.4, 0.5) is 10.1 Å². The van der Waals surface area contributed by atoms with E-state index in [0.29, 0.717) is 17.6 Å². The predicted molar refractivity (Wildman–Crippen MR) is 124 cm³/mol. The van der Waals surface area contributed by atoms with Gasteiger partial charge in [-0.15, -0.1) is 24.0 Å². The van der Waals surface area contributed by atoms with Crippen molar-refractivity contribution in [3.8, 4) is 5.75 Å². The molecule has 8 heteroatoms. The van der Waals surface area contributed by atoms with Crippen LogP contribution in [0.1, 0.15) is 17.9 Å². The van der Waals surface area contributed by atoms with Gasteiger partial charge in [-0.2, -0.15) is 0 Å². The maximum absolute atomic E-state index is 13.2. The highest BCUT2D eigenvalue weighted by atomic mass is 127. The standard InChI is InChI=1S/C21H25FN4O2.HI/c1-23-21(24-13-20(27)25-18-5-3-4-17(22)12-18)26-11-10-16(14-26)15-6-8-19(28-2)9-7-15;/h3-9,12,16H,10-11,13-14H2,1-2H3,(H,23,24)(H,25,27);1H. The van der Waals surface area contributed by atoms with Gasteiger partial charge in [0.05, 0.1) is 13.7 Å². The van der Waals surface area contributed by atoms with Crippen molar-refractivity contribution in [2.75, 3.05) is 39.1 Å². The minimum atomic E-state index is -0.386. The second-order valence-corrected chi connectivity index (χ2v) is 6.66. The van der Waals surface area contributed by atoms with Crippen LogP contribution in [0.2, 0.25) is 0 Å². The molecule has 0 saturated carbocycles. The summed E-state index contributed by atoms with van der Waals surface area (Å²) in [7, 11) is 3.36. The van der Waals surface area contributed by atoms with Crippen LogP contribution in [0.5, 0.6) is 5.75 Å². The summed E-state index contributed by atoms with van der Waals surface area (Å²) >= 11 is 0. The molecule has 1 aliphatic rings. The van der Waals surface area contributed by atoms with Crippen molar-refractivity contribution in [3.05, 3.63) is 59.9 Å². The van der Waals surface area contributed by atoms with Crippen LogP contribution in [0.3, 0.4) is 0 Å². The topological polar surface area (TPSA) is 66.0 Å². The molecular formula is C21H26FIN4O2. The molecule has 1 unspecified atom stereocenters. The van der Waals surface area contributed by atoms with Crippen molar-refractivity contribution in [2.24, 2.45) is 4.99 Å². The molecule has 0 spiro atoms. The number of benzene rings is 2. The molecule has 6 nitrogen and oxygen atoms in total. The number of hydrogen-bond donors (Lipinski definition) is 2. The summed E-state index contributed by atoms with van der Waals surface area (Å²) in [6.07, 6.45) is 1.02. The van der Waals surface area contributed by atoms with E-state index in [1.165, 1.54) is 17.7 Å². The zero-order valence-electron chi connectivity index (χ0n) is 16.5. The van der Waals surface area contributed by atoms with Crippen molar-refractivity contribution in [1.82, 2.24) is 10.2 Å². The number of rotatable bonds is 5. The lowest BCUT2D eigenvalue weighted by molar-refractivity contribution is -0.115. The Morgan fingerprint density at radius 1 is 1.28 bits per heavy atom. The first-order valence-electron chi connectivity index (χ1n) is 9.24. The third kappa shape index (κ3) is 6.31. The first kappa shape index (κ1) is 22.9. The van der Waals surface area contributed by atoms with E-state index in [1.54, 1.807) is 26.3 Å². The Kier molecular flexibility index (Phi) is 8.69. The van der Waals surface area contributed by atoms with E-state index in [0.717, 1.165) is 25.3 Å². The summed E-state index contributed by atoms with van der Waals surface area (Å²) in [5.74, 6) is 1.30. The Morgan fingerprint density at radius 3 is 2.69 bits per heavy atom. The lowest BCUT2D eigenvalue weighted by atomic mass is 9.98. The molecule has 1 heterocycles. The number of anilines is 1. The second kappa shape index (κ2) is 11.0. The molecule has 0 bridgehead atoms. The largest absolute Gasteiger partial charge is 0.497 e. The average Bonchev–Trinajstić information content (AvgIpc) is 3.18. The number of methoxy groups -OCH3 is 1. The van der Waals surface area contributed by atoms with Crippen molar-refractivity contribution in [3.63, 3.8) is 0 Å². The molecule has 29 heavy (non-hydrogen) atoms. The molecule has 1 atom stereocenters. The average molecular weight is 512 g/mol. The second-order valence-electron chi connectivity index (χ2n) is 6.66. The number of carbonyl (C=O) groups excluding carboxylic acids is 1. The van der Waals surface area contributed by atoms with Gasteiger partial charge in [0.25, 0.3) is 0 Å². The fourth-order valence-electron chi connectivity index (χ4n) is 3.36. The minimum Gasteiger partial charge on any atom is -0.497 e. The van der Waals surface area contributed by atoms with Crippen LogP contribution in [-0.2, 0) is 4.79 Å². The van der Waals surface area contributed by atoms with Gasteiger partial charge in [0, 0.05) is 31.7 Å². The quantitative estimate of drug-likeness (QED) is 0.366. The Morgan fingerprint density at radius 2 is 2.03 bits per heavy atom. The molecule has 2 aromatic carbocycles. The Balaban J connectivity index is 0.00000300. The van der Waals surface area contributed by atoms with Crippen LogP contribution in [-0.4, -0.2) is 50.6 Å². The first-order valence-corrected chi connectivity index (χ1v) is 9.24. The molecule has 2 aromatic rings. The molecule has 2 N–H and O–H groups in total. The van der Waals surface area contributed by atoms with Crippen LogP contribution in [0.15, 0.2) is 53.5 Å². The van der Waals surface area contributed by atoms with Crippen molar-refractivity contribution >= 4 is 41.5 Å². The summed E-state index contributed by atoms with van der Waals surface area (Å²) in [6.45, 7) is 1.76. The number of ether oxygens (including phenoxy) is 1. The third-order valence-electron chi connectivity index (χ3n) is 4.80. The minimum absolute atomic E-state index is 0. The Labute approximate surface area is 187 Å². The van der Waals surface area contributed by atoms with Crippen molar-refractivity contribution < 1.29 is 13.9 Å². The number of nitrogens with zero attached hydrogens (tertiary/aromatic N) is 2. The van der Waals surface area contributed by atoms with Crippen LogP contribution < -0.4 is 15.4 Å². The van der Waals surface area contributed by atoms with Crippen molar-refractivity contribution in [2.45, 2.75) is 12.3 Å². The predicted octanol–water partition coefficient (Wildman–Crippen LogP) is 3.46.